The van der Waals surface area contributed by atoms with Crippen molar-refractivity contribution in [2.75, 3.05) is 25.6 Å². The summed E-state index contributed by atoms with van der Waals surface area (Å²) in [5.41, 5.74) is 0.760. The van der Waals surface area contributed by atoms with Crippen LogP contribution in [-0.2, 0) is 0 Å². The van der Waals surface area contributed by atoms with Gasteiger partial charge in [-0.15, -0.1) is 0 Å². The summed E-state index contributed by atoms with van der Waals surface area (Å²) >= 11 is 1.75. The third-order valence-corrected chi connectivity index (χ3v) is 2.59. The predicted octanol–water partition coefficient (Wildman–Crippen LogP) is 2.12. The Kier molecular flexibility index (Phi) is 4.53. The molecule has 1 aromatic carbocycles. The Hall–Kier alpha value is -0.960. The lowest BCUT2D eigenvalue weighted by atomic mass is 10.2. The normalized spacial score (nSPS) is 9.86. The van der Waals surface area contributed by atoms with Gasteiger partial charge >= 0.3 is 0 Å². The Balaban J connectivity index is 2.57. The van der Waals surface area contributed by atoms with Gasteiger partial charge in [-0.3, -0.25) is 4.79 Å². The second kappa shape index (κ2) is 5.70. The number of hydrogen-bond donors (Lipinski definition) is 0. The molecule has 0 bridgehead atoms. The molecule has 0 heterocycles. The van der Waals surface area contributed by atoms with Gasteiger partial charge < -0.3 is 4.90 Å². The molecule has 14 heavy (non-hydrogen) atoms. The SMILES string of the molecule is CSCCN(C)C(=O)c1ccccc1. The number of nitrogens with zero attached hydrogens (tertiary/aromatic N) is 1. The fourth-order valence-corrected chi connectivity index (χ4v) is 1.59. The quantitative estimate of drug-likeness (QED) is 0.757. The predicted molar refractivity (Wildman–Crippen MR) is 61.8 cm³/mol. The largest absolute Gasteiger partial charge is 0.341 e. The molecular formula is C11H15NOS. The van der Waals surface area contributed by atoms with Gasteiger partial charge in [0.1, 0.15) is 0 Å². The van der Waals surface area contributed by atoms with Crippen LogP contribution in [0.3, 0.4) is 0 Å². The lowest BCUT2D eigenvalue weighted by molar-refractivity contribution is 0.0804. The fraction of sp³-hybridized carbons (Fsp3) is 0.364. The molecule has 0 saturated carbocycles. The van der Waals surface area contributed by atoms with Gasteiger partial charge in [0.25, 0.3) is 5.91 Å². The van der Waals surface area contributed by atoms with Gasteiger partial charge in [-0.25, -0.2) is 0 Å². The first-order chi connectivity index (χ1) is 6.75. The maximum Gasteiger partial charge on any atom is 0.253 e. The van der Waals surface area contributed by atoms with Crippen LogP contribution in [0.2, 0.25) is 0 Å². The van der Waals surface area contributed by atoms with Gasteiger partial charge in [-0.1, -0.05) is 18.2 Å². The van der Waals surface area contributed by atoms with Gasteiger partial charge in [-0.2, -0.15) is 11.8 Å². The van der Waals surface area contributed by atoms with E-state index in [1.165, 1.54) is 0 Å². The van der Waals surface area contributed by atoms with Crippen LogP contribution in [0.15, 0.2) is 30.3 Å². The first-order valence-electron chi connectivity index (χ1n) is 4.55. The average molecular weight is 209 g/mol. The van der Waals surface area contributed by atoms with Crippen molar-refractivity contribution < 1.29 is 4.79 Å². The molecule has 0 radical (unpaired) electrons. The molecule has 1 amide bonds. The zero-order valence-electron chi connectivity index (χ0n) is 8.56. The Bertz CT molecular complexity index is 287. The molecule has 0 aliphatic carbocycles. The number of thioether (sulfide) groups is 1. The molecule has 0 aromatic heterocycles. The minimum atomic E-state index is 0.0969. The van der Waals surface area contributed by atoms with Crippen molar-refractivity contribution in [3.05, 3.63) is 35.9 Å². The van der Waals surface area contributed by atoms with E-state index in [2.05, 4.69) is 0 Å². The first-order valence-corrected chi connectivity index (χ1v) is 5.94. The molecule has 0 atom stereocenters. The second-order valence-electron chi connectivity index (χ2n) is 3.09. The molecule has 0 N–H and O–H groups in total. The van der Waals surface area contributed by atoms with Crippen LogP contribution in [-0.4, -0.2) is 36.4 Å². The molecular weight excluding hydrogens is 194 g/mol. The van der Waals surface area contributed by atoms with Crippen LogP contribution in [0, 0.1) is 0 Å². The summed E-state index contributed by atoms with van der Waals surface area (Å²) < 4.78 is 0. The Labute approximate surface area is 89.3 Å². The molecule has 0 fully saturated rings. The number of rotatable bonds is 4. The second-order valence-corrected chi connectivity index (χ2v) is 4.07. The number of carbonyl (C=O) groups excluding carboxylic acids is 1. The maximum atomic E-state index is 11.8. The highest BCUT2D eigenvalue weighted by atomic mass is 32.2. The lowest BCUT2D eigenvalue weighted by Gasteiger charge is -2.16. The highest BCUT2D eigenvalue weighted by Gasteiger charge is 2.09. The lowest BCUT2D eigenvalue weighted by Crippen LogP contribution is -2.28. The molecule has 1 aromatic rings. The van der Waals surface area contributed by atoms with Crippen LogP contribution >= 0.6 is 11.8 Å². The number of carbonyl (C=O) groups is 1. The Morgan fingerprint density at radius 1 is 1.36 bits per heavy atom. The first kappa shape index (κ1) is 11.1. The van der Waals surface area contributed by atoms with E-state index in [0.717, 1.165) is 17.9 Å². The summed E-state index contributed by atoms with van der Waals surface area (Å²) in [7, 11) is 1.84. The minimum absolute atomic E-state index is 0.0969. The molecule has 76 valence electrons. The number of amides is 1. The topological polar surface area (TPSA) is 20.3 Å². The molecule has 2 nitrogen and oxygen atoms in total. The van der Waals surface area contributed by atoms with Gasteiger partial charge in [0.2, 0.25) is 0 Å². The summed E-state index contributed by atoms with van der Waals surface area (Å²) in [4.78, 5) is 13.5. The molecule has 3 heteroatoms. The van der Waals surface area contributed by atoms with Crippen molar-refractivity contribution in [3.8, 4) is 0 Å². The fourth-order valence-electron chi connectivity index (χ4n) is 1.13. The van der Waals surface area contributed by atoms with E-state index in [9.17, 15) is 4.79 Å². The standard InChI is InChI=1S/C11H15NOS/c1-12(8-9-14-2)11(13)10-6-4-3-5-7-10/h3-7H,8-9H2,1-2H3. The van der Waals surface area contributed by atoms with Gasteiger partial charge in [0.05, 0.1) is 0 Å². The molecule has 1 rings (SSSR count). The summed E-state index contributed by atoms with van der Waals surface area (Å²) in [6.07, 6.45) is 2.04. The Morgan fingerprint density at radius 3 is 2.57 bits per heavy atom. The van der Waals surface area contributed by atoms with Crippen LogP contribution in [0.4, 0.5) is 0 Å². The van der Waals surface area contributed by atoms with Crippen molar-refractivity contribution in [1.82, 2.24) is 4.90 Å². The van der Waals surface area contributed by atoms with E-state index in [-0.39, 0.29) is 5.91 Å². The summed E-state index contributed by atoms with van der Waals surface area (Å²) in [5, 5.41) is 0. The van der Waals surface area contributed by atoms with Crippen LogP contribution in [0.25, 0.3) is 0 Å². The molecule has 0 spiro atoms. The van der Waals surface area contributed by atoms with Gasteiger partial charge in [0, 0.05) is 24.9 Å². The summed E-state index contributed by atoms with van der Waals surface area (Å²) in [5.74, 6) is 1.08. The molecule has 0 aliphatic rings. The zero-order chi connectivity index (χ0) is 10.4. The van der Waals surface area contributed by atoms with Crippen molar-refractivity contribution in [1.29, 1.82) is 0 Å². The van der Waals surface area contributed by atoms with Crippen molar-refractivity contribution >= 4 is 17.7 Å². The highest BCUT2D eigenvalue weighted by molar-refractivity contribution is 7.98. The third kappa shape index (κ3) is 3.07. The maximum absolute atomic E-state index is 11.8. The van der Waals surface area contributed by atoms with Gasteiger partial charge in [0.15, 0.2) is 0 Å². The molecule has 0 saturated heterocycles. The highest BCUT2D eigenvalue weighted by Crippen LogP contribution is 2.03. The minimum Gasteiger partial charge on any atom is -0.341 e. The third-order valence-electron chi connectivity index (χ3n) is 2.00. The number of benzene rings is 1. The van der Waals surface area contributed by atoms with Crippen molar-refractivity contribution in [3.63, 3.8) is 0 Å². The monoisotopic (exact) mass is 209 g/mol. The van der Waals surface area contributed by atoms with E-state index in [1.807, 2.05) is 43.6 Å². The molecule has 0 unspecified atom stereocenters. The van der Waals surface area contributed by atoms with Crippen LogP contribution < -0.4 is 0 Å². The Morgan fingerprint density at radius 2 is 2.00 bits per heavy atom. The summed E-state index contributed by atoms with van der Waals surface area (Å²) in [6, 6.07) is 9.37. The van der Waals surface area contributed by atoms with Crippen LogP contribution in [0.1, 0.15) is 10.4 Å². The van der Waals surface area contributed by atoms with Crippen LogP contribution in [0.5, 0.6) is 0 Å². The van der Waals surface area contributed by atoms with E-state index < -0.39 is 0 Å². The smallest absolute Gasteiger partial charge is 0.253 e. The zero-order valence-corrected chi connectivity index (χ0v) is 9.38. The molecule has 0 aliphatic heterocycles. The van der Waals surface area contributed by atoms with Crippen molar-refractivity contribution in [2.24, 2.45) is 0 Å². The van der Waals surface area contributed by atoms with Gasteiger partial charge in [-0.05, 0) is 18.4 Å². The average Bonchev–Trinajstić information content (AvgIpc) is 2.26. The summed E-state index contributed by atoms with van der Waals surface area (Å²) in [6.45, 7) is 0.800. The van der Waals surface area contributed by atoms with E-state index >= 15 is 0 Å². The van der Waals surface area contributed by atoms with E-state index in [0.29, 0.717) is 0 Å². The van der Waals surface area contributed by atoms with E-state index in [4.69, 9.17) is 0 Å². The van der Waals surface area contributed by atoms with E-state index in [1.54, 1.807) is 16.7 Å². The number of hydrogen-bond acceptors (Lipinski definition) is 2. The van der Waals surface area contributed by atoms with Crippen molar-refractivity contribution in [2.45, 2.75) is 0 Å².